The second kappa shape index (κ2) is 9.77. The average Bonchev–Trinajstić information content (AvgIpc) is 3.35. The summed E-state index contributed by atoms with van der Waals surface area (Å²) in [7, 11) is 0. The Hall–Kier alpha value is -3.80. The number of hydrogen-bond acceptors (Lipinski definition) is 4. The van der Waals surface area contributed by atoms with Gasteiger partial charge in [-0.2, -0.15) is 0 Å². The van der Waals surface area contributed by atoms with Crippen molar-refractivity contribution >= 4 is 23.3 Å². The van der Waals surface area contributed by atoms with Crippen LogP contribution in [0.1, 0.15) is 48.2 Å². The van der Waals surface area contributed by atoms with Crippen LogP contribution in [0.15, 0.2) is 72.9 Å². The average molecular weight is 443 g/mol. The molecule has 3 aromatic rings. The van der Waals surface area contributed by atoms with Crippen molar-refractivity contribution in [1.82, 2.24) is 4.98 Å². The minimum absolute atomic E-state index is 0.0786. The molecule has 0 radical (unpaired) electrons. The molecule has 0 spiro atoms. The molecule has 4 rings (SSSR count). The highest BCUT2D eigenvalue weighted by Gasteiger charge is 2.38. The third-order valence-electron chi connectivity index (χ3n) is 6.36. The number of ketones is 1. The summed E-state index contributed by atoms with van der Waals surface area (Å²) in [4.78, 5) is 41.0. The molecule has 1 fully saturated rings. The number of carboxylic acids is 1. The van der Waals surface area contributed by atoms with E-state index in [1.807, 2.05) is 67.6 Å². The number of benzene rings is 2. The van der Waals surface area contributed by atoms with Crippen molar-refractivity contribution in [2.24, 2.45) is 11.8 Å². The molecule has 6 heteroatoms. The number of aromatic nitrogens is 1. The van der Waals surface area contributed by atoms with E-state index in [1.165, 1.54) is 0 Å². The Balaban J connectivity index is 1.41. The predicted octanol–water partition coefficient (Wildman–Crippen LogP) is 5.17. The van der Waals surface area contributed by atoms with Crippen LogP contribution < -0.4 is 5.32 Å². The number of pyridine rings is 1. The van der Waals surface area contributed by atoms with Crippen LogP contribution in [0, 0.1) is 11.8 Å². The van der Waals surface area contributed by atoms with Gasteiger partial charge in [-0.3, -0.25) is 19.4 Å². The van der Waals surface area contributed by atoms with Crippen LogP contribution >= 0.6 is 0 Å². The van der Waals surface area contributed by atoms with E-state index in [2.05, 4.69) is 10.3 Å². The predicted molar refractivity (Wildman–Crippen MR) is 126 cm³/mol. The van der Waals surface area contributed by atoms with Crippen molar-refractivity contribution < 1.29 is 19.5 Å². The Morgan fingerprint density at radius 3 is 2.21 bits per heavy atom. The van der Waals surface area contributed by atoms with Crippen molar-refractivity contribution in [2.75, 3.05) is 5.32 Å². The molecule has 1 aliphatic rings. The Morgan fingerprint density at radius 1 is 0.909 bits per heavy atom. The number of hydrogen-bond donors (Lipinski definition) is 2. The zero-order valence-electron chi connectivity index (χ0n) is 18.4. The van der Waals surface area contributed by atoms with E-state index < -0.39 is 17.8 Å². The molecule has 33 heavy (non-hydrogen) atoms. The zero-order valence-corrected chi connectivity index (χ0v) is 18.4. The molecule has 1 aromatic heterocycles. The molecular formula is C27H26N2O4. The van der Waals surface area contributed by atoms with Crippen LogP contribution in [-0.4, -0.2) is 27.8 Å². The topological polar surface area (TPSA) is 96.4 Å². The molecule has 0 saturated heterocycles. The van der Waals surface area contributed by atoms with Crippen LogP contribution in [0.5, 0.6) is 0 Å². The number of rotatable bonds is 7. The molecule has 2 N–H and O–H groups in total. The smallest absolute Gasteiger partial charge is 0.307 e. The van der Waals surface area contributed by atoms with Gasteiger partial charge in [0.05, 0.1) is 11.8 Å². The van der Waals surface area contributed by atoms with Crippen LogP contribution in [-0.2, 0) is 9.59 Å². The second-order valence-corrected chi connectivity index (χ2v) is 8.48. The lowest BCUT2D eigenvalue weighted by molar-refractivity contribution is -0.142. The molecule has 0 unspecified atom stereocenters. The first-order valence-electron chi connectivity index (χ1n) is 11.1. The molecule has 6 nitrogen and oxygen atoms in total. The maximum Gasteiger partial charge on any atom is 0.307 e. The molecule has 1 heterocycles. The van der Waals surface area contributed by atoms with Gasteiger partial charge < -0.3 is 10.4 Å². The summed E-state index contributed by atoms with van der Waals surface area (Å²) in [6, 6.07) is 20.5. The number of carbonyl (C=O) groups excluding carboxylic acids is 2. The fourth-order valence-electron chi connectivity index (χ4n) is 4.36. The van der Waals surface area contributed by atoms with E-state index in [1.54, 1.807) is 12.3 Å². The molecule has 0 aliphatic heterocycles. The van der Waals surface area contributed by atoms with Crippen LogP contribution in [0.25, 0.3) is 11.1 Å². The molecule has 168 valence electrons. The number of anilines is 1. The minimum atomic E-state index is -0.909. The van der Waals surface area contributed by atoms with Gasteiger partial charge in [-0.05, 0) is 49.1 Å². The molecule has 1 amide bonds. The van der Waals surface area contributed by atoms with E-state index in [9.17, 15) is 19.5 Å². The number of aliphatic carboxylic acids is 1. The maximum atomic E-state index is 12.7. The third-order valence-corrected chi connectivity index (χ3v) is 6.36. The highest BCUT2D eigenvalue weighted by atomic mass is 16.4. The van der Waals surface area contributed by atoms with E-state index >= 15 is 0 Å². The minimum Gasteiger partial charge on any atom is -0.481 e. The molecule has 1 aliphatic carbocycles. The van der Waals surface area contributed by atoms with Gasteiger partial charge in [0.1, 0.15) is 5.69 Å². The molecule has 2 aromatic carbocycles. The third kappa shape index (κ3) is 5.00. The van der Waals surface area contributed by atoms with Crippen molar-refractivity contribution in [3.63, 3.8) is 0 Å². The first-order chi connectivity index (χ1) is 15.9. The summed E-state index contributed by atoms with van der Waals surface area (Å²) in [6.07, 6.45) is 3.51. The van der Waals surface area contributed by atoms with Gasteiger partial charge in [0.15, 0.2) is 5.78 Å². The summed E-state index contributed by atoms with van der Waals surface area (Å²) in [5.74, 6) is -2.57. The Labute approximate surface area is 192 Å². The normalized spacial score (nSPS) is 18.5. The summed E-state index contributed by atoms with van der Waals surface area (Å²) in [6.45, 7) is 1.87. The second-order valence-electron chi connectivity index (χ2n) is 8.48. The summed E-state index contributed by atoms with van der Waals surface area (Å²) < 4.78 is 0. The lowest BCUT2D eigenvalue weighted by Gasteiger charge is -2.14. The molecule has 3 atom stereocenters. The highest BCUT2D eigenvalue weighted by molar-refractivity contribution is 5.99. The lowest BCUT2D eigenvalue weighted by atomic mass is 9.90. The largest absolute Gasteiger partial charge is 0.481 e. The van der Waals surface area contributed by atoms with Crippen molar-refractivity contribution in [2.45, 2.75) is 32.1 Å². The quantitative estimate of drug-likeness (QED) is 0.492. The van der Waals surface area contributed by atoms with Crippen molar-refractivity contribution in [1.29, 1.82) is 0 Å². The number of Topliss-reactive ketones (excluding diaryl/α,β-unsaturated/α-hetero) is 1. The first kappa shape index (κ1) is 22.4. The summed E-state index contributed by atoms with van der Waals surface area (Å²) in [5.41, 5.74) is 3.70. The van der Waals surface area contributed by atoms with Crippen LogP contribution in [0.3, 0.4) is 0 Å². The van der Waals surface area contributed by atoms with E-state index in [4.69, 9.17) is 0 Å². The van der Waals surface area contributed by atoms with Crippen LogP contribution in [0.4, 0.5) is 5.69 Å². The van der Waals surface area contributed by atoms with Gasteiger partial charge in [0.25, 0.3) is 0 Å². The number of carbonyl (C=O) groups is 3. The highest BCUT2D eigenvalue weighted by Crippen LogP contribution is 2.34. The Kier molecular flexibility index (Phi) is 6.63. The number of amides is 1. The number of nitrogens with zero attached hydrogens (tertiary/aromatic N) is 1. The summed E-state index contributed by atoms with van der Waals surface area (Å²) >= 11 is 0. The lowest BCUT2D eigenvalue weighted by Crippen LogP contribution is -2.25. The maximum absolute atomic E-state index is 12.7. The zero-order chi connectivity index (χ0) is 23.4. The van der Waals surface area contributed by atoms with E-state index in [0.29, 0.717) is 24.2 Å². The molecule has 0 bridgehead atoms. The van der Waals surface area contributed by atoms with Gasteiger partial charge in [-0.25, -0.2) is 0 Å². The van der Waals surface area contributed by atoms with E-state index in [0.717, 1.165) is 23.1 Å². The molecule has 1 saturated carbocycles. The fourth-order valence-corrected chi connectivity index (χ4v) is 4.36. The molecular weight excluding hydrogens is 416 g/mol. The van der Waals surface area contributed by atoms with Gasteiger partial charge >= 0.3 is 5.97 Å². The van der Waals surface area contributed by atoms with Gasteiger partial charge in [0.2, 0.25) is 5.91 Å². The Bertz CT molecular complexity index is 1140. The SMILES string of the molecule is C[C@@H](C(=O)Nc1ccc(-c2ccc(C(=O)[C@@H]3CCC[C@H]3C(=O)O)nc2)cc1)c1ccccc1. The monoisotopic (exact) mass is 442 g/mol. The Morgan fingerprint density at radius 2 is 1.58 bits per heavy atom. The standard InChI is InChI=1S/C27H26N2O4/c1-17(18-6-3-2-4-7-18)26(31)29-21-13-10-19(11-14-21)20-12-15-24(28-16-20)25(30)22-8-5-9-23(22)27(32)33/h2-4,6-7,10-17,22-23H,5,8-9H2,1H3,(H,29,31)(H,32,33)/t17-,22-,23-/m1/s1. The van der Waals surface area contributed by atoms with Crippen LogP contribution in [0.2, 0.25) is 0 Å². The first-order valence-corrected chi connectivity index (χ1v) is 11.1. The van der Waals surface area contributed by atoms with Gasteiger partial charge in [0, 0.05) is 23.4 Å². The van der Waals surface area contributed by atoms with Crippen molar-refractivity contribution in [3.8, 4) is 11.1 Å². The number of nitrogens with one attached hydrogen (secondary N) is 1. The number of carboxylic acid groups (broad SMARTS) is 1. The van der Waals surface area contributed by atoms with E-state index in [-0.39, 0.29) is 17.6 Å². The summed E-state index contributed by atoms with van der Waals surface area (Å²) in [5, 5.41) is 12.3. The van der Waals surface area contributed by atoms with Gasteiger partial charge in [-0.15, -0.1) is 0 Å². The van der Waals surface area contributed by atoms with Crippen molar-refractivity contribution in [3.05, 3.63) is 84.2 Å². The van der Waals surface area contributed by atoms with Gasteiger partial charge in [-0.1, -0.05) is 55.0 Å². The fraction of sp³-hybridized carbons (Fsp3) is 0.259.